The van der Waals surface area contributed by atoms with Crippen LogP contribution in [0, 0.1) is 0 Å². The van der Waals surface area contributed by atoms with Crippen LogP contribution in [0.4, 0.5) is 0 Å². The zero-order chi connectivity index (χ0) is 13.0. The fraction of sp³-hybridized carbons (Fsp3) is 0.533. The molecule has 0 aromatic rings. The molecule has 0 radical (unpaired) electrons. The van der Waals surface area contributed by atoms with E-state index >= 15 is 0 Å². The van der Waals surface area contributed by atoms with Gasteiger partial charge in [0.2, 0.25) is 0 Å². The molecule has 1 heterocycles. The molecule has 1 fully saturated rings. The molecule has 0 aromatic carbocycles. The molecule has 0 spiro atoms. The predicted octanol–water partition coefficient (Wildman–Crippen LogP) is 2.93. The fourth-order valence-electron chi connectivity index (χ4n) is 2.19. The van der Waals surface area contributed by atoms with E-state index in [-0.39, 0.29) is 11.6 Å². The molecule has 2 rings (SSSR count). The van der Waals surface area contributed by atoms with Crippen molar-refractivity contribution in [3.63, 3.8) is 0 Å². The van der Waals surface area contributed by atoms with Crippen molar-refractivity contribution >= 4 is 5.97 Å². The molecule has 1 aliphatic carbocycles. The van der Waals surface area contributed by atoms with Crippen LogP contribution in [-0.2, 0) is 14.3 Å². The SMILES string of the molecule is C=CC1=CC=C(C(=O)OC2(C)CCOCC2)CC1. The van der Waals surface area contributed by atoms with Crippen molar-refractivity contribution in [1.29, 1.82) is 0 Å². The smallest absolute Gasteiger partial charge is 0.334 e. The zero-order valence-corrected chi connectivity index (χ0v) is 10.9. The van der Waals surface area contributed by atoms with Crippen molar-refractivity contribution in [1.82, 2.24) is 0 Å². The summed E-state index contributed by atoms with van der Waals surface area (Å²) in [5.41, 5.74) is 1.57. The van der Waals surface area contributed by atoms with E-state index in [1.807, 2.05) is 25.2 Å². The van der Waals surface area contributed by atoms with Crippen LogP contribution < -0.4 is 0 Å². The second-order valence-electron chi connectivity index (χ2n) is 5.09. The Labute approximate surface area is 108 Å². The van der Waals surface area contributed by atoms with Crippen LogP contribution in [0.25, 0.3) is 0 Å². The monoisotopic (exact) mass is 248 g/mol. The van der Waals surface area contributed by atoms with Gasteiger partial charge in [-0.15, -0.1) is 0 Å². The summed E-state index contributed by atoms with van der Waals surface area (Å²) < 4.78 is 10.9. The molecule has 1 aliphatic heterocycles. The van der Waals surface area contributed by atoms with Crippen molar-refractivity contribution in [2.24, 2.45) is 0 Å². The number of esters is 1. The highest BCUT2D eigenvalue weighted by Gasteiger charge is 2.32. The Hall–Kier alpha value is -1.35. The van der Waals surface area contributed by atoms with Gasteiger partial charge in [-0.05, 0) is 25.3 Å². The Morgan fingerprint density at radius 1 is 1.39 bits per heavy atom. The highest BCUT2D eigenvalue weighted by molar-refractivity contribution is 5.89. The summed E-state index contributed by atoms with van der Waals surface area (Å²) in [5.74, 6) is -0.182. The number of carbonyl (C=O) groups is 1. The molecule has 2 aliphatic rings. The first-order valence-electron chi connectivity index (χ1n) is 6.46. The van der Waals surface area contributed by atoms with Gasteiger partial charge in [0.15, 0.2) is 0 Å². The lowest BCUT2D eigenvalue weighted by Gasteiger charge is -2.33. The van der Waals surface area contributed by atoms with Gasteiger partial charge >= 0.3 is 5.97 Å². The Kier molecular flexibility index (Phi) is 4.02. The van der Waals surface area contributed by atoms with Crippen LogP contribution in [0.2, 0.25) is 0 Å². The second kappa shape index (κ2) is 5.53. The van der Waals surface area contributed by atoms with Crippen LogP contribution in [0.3, 0.4) is 0 Å². The van der Waals surface area contributed by atoms with E-state index in [1.54, 1.807) is 0 Å². The molecular weight excluding hydrogens is 228 g/mol. The first-order valence-corrected chi connectivity index (χ1v) is 6.46. The van der Waals surface area contributed by atoms with E-state index in [1.165, 1.54) is 5.57 Å². The molecule has 3 heteroatoms. The molecule has 0 N–H and O–H groups in total. The van der Waals surface area contributed by atoms with Gasteiger partial charge in [0.1, 0.15) is 5.60 Å². The number of hydrogen-bond donors (Lipinski definition) is 0. The fourth-order valence-corrected chi connectivity index (χ4v) is 2.19. The molecule has 0 saturated carbocycles. The van der Waals surface area contributed by atoms with Crippen LogP contribution >= 0.6 is 0 Å². The maximum absolute atomic E-state index is 12.1. The van der Waals surface area contributed by atoms with E-state index in [0.717, 1.165) is 31.3 Å². The summed E-state index contributed by atoms with van der Waals surface area (Å²) in [4.78, 5) is 12.1. The molecule has 0 unspecified atom stereocenters. The van der Waals surface area contributed by atoms with Crippen molar-refractivity contribution in [2.75, 3.05) is 13.2 Å². The van der Waals surface area contributed by atoms with Crippen LogP contribution in [0.5, 0.6) is 0 Å². The summed E-state index contributed by atoms with van der Waals surface area (Å²) in [5, 5.41) is 0. The lowest BCUT2D eigenvalue weighted by molar-refractivity contribution is -0.161. The van der Waals surface area contributed by atoms with Crippen molar-refractivity contribution in [3.05, 3.63) is 36.0 Å². The minimum Gasteiger partial charge on any atom is -0.456 e. The van der Waals surface area contributed by atoms with E-state index in [0.29, 0.717) is 13.2 Å². The quantitative estimate of drug-likeness (QED) is 0.720. The maximum Gasteiger partial charge on any atom is 0.334 e. The lowest BCUT2D eigenvalue weighted by atomic mass is 9.95. The summed E-state index contributed by atoms with van der Waals surface area (Å²) in [6, 6.07) is 0. The normalized spacial score (nSPS) is 22.7. The van der Waals surface area contributed by atoms with E-state index in [4.69, 9.17) is 9.47 Å². The summed E-state index contributed by atoms with van der Waals surface area (Å²) in [6.45, 7) is 7.06. The van der Waals surface area contributed by atoms with Crippen molar-refractivity contribution in [2.45, 2.75) is 38.2 Å². The van der Waals surface area contributed by atoms with Crippen molar-refractivity contribution < 1.29 is 14.3 Å². The standard InChI is InChI=1S/C15H20O3/c1-3-12-4-6-13(7-5-12)14(16)18-15(2)8-10-17-11-9-15/h3-4,6H,1,5,7-11H2,2H3. The molecule has 1 saturated heterocycles. The van der Waals surface area contributed by atoms with Crippen LogP contribution in [-0.4, -0.2) is 24.8 Å². The van der Waals surface area contributed by atoms with Gasteiger partial charge in [0.25, 0.3) is 0 Å². The lowest BCUT2D eigenvalue weighted by Crippen LogP contribution is -2.38. The Bertz CT molecular complexity index is 398. The zero-order valence-electron chi connectivity index (χ0n) is 10.9. The molecule has 0 aromatic heterocycles. The molecular formula is C15H20O3. The third-order valence-electron chi connectivity index (χ3n) is 3.60. The predicted molar refractivity (Wildman–Crippen MR) is 70.1 cm³/mol. The minimum absolute atomic E-state index is 0.182. The van der Waals surface area contributed by atoms with E-state index in [2.05, 4.69) is 6.58 Å². The maximum atomic E-state index is 12.1. The second-order valence-corrected chi connectivity index (χ2v) is 5.09. The van der Waals surface area contributed by atoms with Crippen LogP contribution in [0.1, 0.15) is 32.6 Å². The third kappa shape index (κ3) is 3.10. The van der Waals surface area contributed by atoms with Crippen LogP contribution in [0.15, 0.2) is 36.0 Å². The summed E-state index contributed by atoms with van der Waals surface area (Å²) >= 11 is 0. The Balaban J connectivity index is 1.98. The molecule has 3 nitrogen and oxygen atoms in total. The number of hydrogen-bond acceptors (Lipinski definition) is 3. The first kappa shape index (κ1) is 13.1. The van der Waals surface area contributed by atoms with Gasteiger partial charge < -0.3 is 9.47 Å². The van der Waals surface area contributed by atoms with E-state index in [9.17, 15) is 4.79 Å². The molecule has 18 heavy (non-hydrogen) atoms. The van der Waals surface area contributed by atoms with Crippen molar-refractivity contribution in [3.8, 4) is 0 Å². The number of ether oxygens (including phenoxy) is 2. The molecule has 98 valence electrons. The highest BCUT2D eigenvalue weighted by atomic mass is 16.6. The molecule has 0 amide bonds. The van der Waals surface area contributed by atoms with E-state index < -0.39 is 0 Å². The number of rotatable bonds is 3. The Morgan fingerprint density at radius 3 is 2.67 bits per heavy atom. The average molecular weight is 248 g/mol. The average Bonchev–Trinajstić information content (AvgIpc) is 2.39. The van der Waals surface area contributed by atoms with Gasteiger partial charge in [-0.1, -0.05) is 24.8 Å². The molecule has 0 atom stereocenters. The topological polar surface area (TPSA) is 35.5 Å². The third-order valence-corrected chi connectivity index (χ3v) is 3.60. The minimum atomic E-state index is -0.362. The number of carbonyl (C=O) groups excluding carboxylic acids is 1. The van der Waals surface area contributed by atoms with Gasteiger partial charge in [0, 0.05) is 18.4 Å². The summed E-state index contributed by atoms with van der Waals surface area (Å²) in [6.07, 6.45) is 8.79. The van der Waals surface area contributed by atoms with Gasteiger partial charge in [-0.2, -0.15) is 0 Å². The first-order chi connectivity index (χ1) is 8.63. The number of allylic oxidation sites excluding steroid dienone is 4. The summed E-state index contributed by atoms with van der Waals surface area (Å²) in [7, 11) is 0. The Morgan fingerprint density at radius 2 is 2.11 bits per heavy atom. The molecule has 0 bridgehead atoms. The largest absolute Gasteiger partial charge is 0.456 e. The van der Waals surface area contributed by atoms with Gasteiger partial charge in [-0.25, -0.2) is 4.79 Å². The van der Waals surface area contributed by atoms with Gasteiger partial charge in [0.05, 0.1) is 13.2 Å². The van der Waals surface area contributed by atoms with Gasteiger partial charge in [-0.3, -0.25) is 0 Å². The highest BCUT2D eigenvalue weighted by Crippen LogP contribution is 2.27.